The van der Waals surface area contributed by atoms with Gasteiger partial charge in [0, 0.05) is 36.8 Å². The molecular formula is C26H27N3O5S. The number of aryl methyl sites for hydroxylation is 1. The minimum absolute atomic E-state index is 0.0201. The van der Waals surface area contributed by atoms with Gasteiger partial charge in [-0.3, -0.25) is 9.59 Å². The molecule has 0 radical (unpaired) electrons. The number of piperidine rings is 1. The standard InChI is InChI=1S/C26H27N3O5S/c1-17-3-9-22(10-4-17)35(32,33)28-14-18-13-20(16-28)24-12-11-23(26(31)29(24)15-18)27-25(30)19-5-7-21(34-2)8-6-19/h3-12,18,20H,13-16H2,1-2H3,(H,27,30)/t18-,20-/m1/s1. The molecule has 182 valence electrons. The molecule has 2 aromatic carbocycles. The van der Waals surface area contributed by atoms with E-state index in [0.29, 0.717) is 30.9 Å². The van der Waals surface area contributed by atoms with Crippen molar-refractivity contribution in [1.29, 1.82) is 0 Å². The van der Waals surface area contributed by atoms with Crippen molar-refractivity contribution in [2.24, 2.45) is 5.92 Å². The third kappa shape index (κ3) is 4.37. The number of pyridine rings is 1. The van der Waals surface area contributed by atoms with Crippen molar-refractivity contribution >= 4 is 21.6 Å². The topological polar surface area (TPSA) is 97.7 Å². The summed E-state index contributed by atoms with van der Waals surface area (Å²) in [6, 6.07) is 17.0. The van der Waals surface area contributed by atoms with Crippen molar-refractivity contribution in [2.45, 2.75) is 30.7 Å². The summed E-state index contributed by atoms with van der Waals surface area (Å²) in [7, 11) is -2.06. The van der Waals surface area contributed by atoms with Gasteiger partial charge in [0.2, 0.25) is 10.0 Å². The number of hydrogen-bond donors (Lipinski definition) is 1. The van der Waals surface area contributed by atoms with E-state index in [-0.39, 0.29) is 33.9 Å². The molecule has 2 aliphatic rings. The Kier molecular flexibility index (Phi) is 5.98. The number of rotatable bonds is 5. The highest BCUT2D eigenvalue weighted by molar-refractivity contribution is 7.89. The summed E-state index contributed by atoms with van der Waals surface area (Å²) in [5.74, 6) is 0.200. The Labute approximate surface area is 204 Å². The van der Waals surface area contributed by atoms with Crippen molar-refractivity contribution < 1.29 is 17.9 Å². The fourth-order valence-electron chi connectivity index (χ4n) is 4.99. The third-order valence-corrected chi connectivity index (χ3v) is 8.68. The summed E-state index contributed by atoms with van der Waals surface area (Å²) in [5, 5.41) is 2.72. The summed E-state index contributed by atoms with van der Waals surface area (Å²) in [6.07, 6.45) is 0.830. The van der Waals surface area contributed by atoms with Crippen molar-refractivity contribution in [3.05, 3.63) is 87.8 Å². The maximum Gasteiger partial charge on any atom is 0.274 e. The van der Waals surface area contributed by atoms with E-state index in [1.165, 1.54) is 0 Å². The number of nitrogens with zero attached hydrogens (tertiary/aromatic N) is 2. The highest BCUT2D eigenvalue weighted by Gasteiger charge is 2.39. The van der Waals surface area contributed by atoms with E-state index in [1.54, 1.807) is 70.6 Å². The predicted molar refractivity (Wildman–Crippen MR) is 132 cm³/mol. The van der Waals surface area contributed by atoms with Gasteiger partial charge in [-0.2, -0.15) is 4.31 Å². The van der Waals surface area contributed by atoms with Crippen LogP contribution in [0.25, 0.3) is 0 Å². The lowest BCUT2D eigenvalue weighted by Gasteiger charge is -2.42. The summed E-state index contributed by atoms with van der Waals surface area (Å²) < 4.78 is 34.9. The molecule has 1 saturated heterocycles. The van der Waals surface area contributed by atoms with Crippen LogP contribution in [0.1, 0.15) is 34.0 Å². The molecule has 3 aromatic rings. The van der Waals surface area contributed by atoms with E-state index < -0.39 is 10.0 Å². The highest BCUT2D eigenvalue weighted by atomic mass is 32.2. The highest BCUT2D eigenvalue weighted by Crippen LogP contribution is 2.37. The van der Waals surface area contributed by atoms with E-state index >= 15 is 0 Å². The second-order valence-corrected chi connectivity index (χ2v) is 11.1. The number of carbonyl (C=O) groups is 1. The zero-order valence-corrected chi connectivity index (χ0v) is 20.4. The number of ether oxygens (including phenoxy) is 1. The number of methoxy groups -OCH3 is 1. The van der Waals surface area contributed by atoms with Crippen LogP contribution < -0.4 is 15.6 Å². The number of aromatic nitrogens is 1. The molecule has 2 atom stereocenters. The Morgan fingerprint density at radius 1 is 0.971 bits per heavy atom. The average molecular weight is 494 g/mol. The van der Waals surface area contributed by atoms with E-state index in [4.69, 9.17) is 4.74 Å². The first kappa shape index (κ1) is 23.3. The van der Waals surface area contributed by atoms with Gasteiger partial charge in [-0.25, -0.2) is 8.42 Å². The molecule has 1 aromatic heterocycles. The molecule has 1 fully saturated rings. The first-order chi connectivity index (χ1) is 16.8. The van der Waals surface area contributed by atoms with Crippen LogP contribution in [0.2, 0.25) is 0 Å². The quantitative estimate of drug-likeness (QED) is 0.589. The Morgan fingerprint density at radius 3 is 2.37 bits per heavy atom. The SMILES string of the molecule is COc1ccc(C(=O)Nc2ccc3n(c2=O)C[C@@H]2C[C@@H]3CN(S(=O)(=O)c3ccc(C)cc3)C2)cc1. The molecule has 0 spiro atoms. The minimum atomic E-state index is -3.61. The van der Waals surface area contributed by atoms with Crippen molar-refractivity contribution in [3.8, 4) is 5.75 Å². The van der Waals surface area contributed by atoms with Crippen molar-refractivity contribution in [2.75, 3.05) is 25.5 Å². The second kappa shape index (κ2) is 8.98. The van der Waals surface area contributed by atoms with Gasteiger partial charge in [0.05, 0.1) is 12.0 Å². The maximum absolute atomic E-state index is 13.3. The number of fused-ring (bicyclic) bond motifs is 4. The summed E-state index contributed by atoms with van der Waals surface area (Å²) in [5.41, 5.74) is 2.16. The van der Waals surface area contributed by atoms with Crippen LogP contribution in [0.15, 0.2) is 70.4 Å². The van der Waals surface area contributed by atoms with Gasteiger partial charge in [-0.1, -0.05) is 17.7 Å². The number of carbonyl (C=O) groups excluding carboxylic acids is 1. The number of hydrogen-bond acceptors (Lipinski definition) is 5. The molecule has 0 aliphatic carbocycles. The van der Waals surface area contributed by atoms with E-state index in [0.717, 1.165) is 17.7 Å². The Bertz CT molecular complexity index is 1430. The Hall–Kier alpha value is -3.43. The number of anilines is 1. The van der Waals surface area contributed by atoms with Crippen LogP contribution in [0.3, 0.4) is 0 Å². The van der Waals surface area contributed by atoms with Crippen molar-refractivity contribution in [1.82, 2.24) is 8.87 Å². The molecule has 5 rings (SSSR count). The van der Waals surface area contributed by atoms with Crippen LogP contribution in [0.4, 0.5) is 5.69 Å². The molecule has 2 aliphatic heterocycles. The fraction of sp³-hybridized carbons (Fsp3) is 0.308. The number of amides is 1. The molecule has 9 heteroatoms. The molecule has 2 bridgehead atoms. The third-order valence-electron chi connectivity index (χ3n) is 6.83. The van der Waals surface area contributed by atoms with Crippen LogP contribution in [0.5, 0.6) is 5.75 Å². The first-order valence-corrected chi connectivity index (χ1v) is 13.0. The monoisotopic (exact) mass is 493 g/mol. The van der Waals surface area contributed by atoms with Gasteiger partial charge in [-0.15, -0.1) is 0 Å². The summed E-state index contributed by atoms with van der Waals surface area (Å²) >= 11 is 0. The van der Waals surface area contributed by atoms with Gasteiger partial charge in [-0.05, 0) is 67.8 Å². The lowest BCUT2D eigenvalue weighted by atomic mass is 9.84. The maximum atomic E-state index is 13.3. The van der Waals surface area contributed by atoms with Crippen LogP contribution >= 0.6 is 0 Å². The second-order valence-electron chi connectivity index (χ2n) is 9.20. The summed E-state index contributed by atoms with van der Waals surface area (Å²) in [4.78, 5) is 26.2. The molecular weight excluding hydrogens is 466 g/mol. The molecule has 0 saturated carbocycles. The number of nitrogens with one attached hydrogen (secondary N) is 1. The van der Waals surface area contributed by atoms with Gasteiger partial charge in [0.15, 0.2) is 0 Å². The van der Waals surface area contributed by atoms with Crippen LogP contribution in [-0.2, 0) is 16.6 Å². The normalized spacial score (nSPS) is 19.6. The van der Waals surface area contributed by atoms with E-state index in [9.17, 15) is 18.0 Å². The largest absolute Gasteiger partial charge is 0.497 e. The summed E-state index contributed by atoms with van der Waals surface area (Å²) in [6.45, 7) is 3.02. The minimum Gasteiger partial charge on any atom is -0.497 e. The zero-order valence-electron chi connectivity index (χ0n) is 19.6. The smallest absolute Gasteiger partial charge is 0.274 e. The van der Waals surface area contributed by atoms with Gasteiger partial charge < -0.3 is 14.6 Å². The number of benzene rings is 2. The molecule has 1 amide bonds. The van der Waals surface area contributed by atoms with E-state index in [2.05, 4.69) is 5.32 Å². The van der Waals surface area contributed by atoms with Gasteiger partial charge in [0.1, 0.15) is 11.4 Å². The lowest BCUT2D eigenvalue weighted by Crippen LogP contribution is -2.49. The molecule has 0 unspecified atom stereocenters. The number of sulfonamides is 1. The van der Waals surface area contributed by atoms with Gasteiger partial charge >= 0.3 is 0 Å². The molecule has 3 heterocycles. The lowest BCUT2D eigenvalue weighted by molar-refractivity contribution is 0.102. The van der Waals surface area contributed by atoms with Crippen LogP contribution in [-0.4, -0.2) is 43.4 Å². The first-order valence-electron chi connectivity index (χ1n) is 11.5. The molecule has 8 nitrogen and oxygen atoms in total. The van der Waals surface area contributed by atoms with Crippen molar-refractivity contribution in [3.63, 3.8) is 0 Å². The van der Waals surface area contributed by atoms with Crippen LogP contribution in [0, 0.1) is 12.8 Å². The van der Waals surface area contributed by atoms with E-state index in [1.807, 2.05) is 13.0 Å². The van der Waals surface area contributed by atoms with Gasteiger partial charge in [0.25, 0.3) is 11.5 Å². The molecule has 1 N–H and O–H groups in total. The fourth-order valence-corrected chi connectivity index (χ4v) is 6.55. The molecule has 35 heavy (non-hydrogen) atoms. The zero-order chi connectivity index (χ0) is 24.7. The average Bonchev–Trinajstić information content (AvgIpc) is 2.86. The Balaban J connectivity index is 1.38. The Morgan fingerprint density at radius 2 is 1.69 bits per heavy atom. The predicted octanol–water partition coefficient (Wildman–Crippen LogP) is 3.23.